The van der Waals surface area contributed by atoms with Gasteiger partial charge in [-0.2, -0.15) is 0 Å². The number of carbonyl (C=O) groups is 1. The normalized spacial score (nSPS) is 26.7. The SMILES string of the molecule is CCCCC(C)(C)[C@H](O)/C=C/[C@@H]1[C@@H](CC=C=CCCC(=O)O)[C@H](Cl)C[C@H]1O. The third-order valence-corrected chi connectivity index (χ3v) is 5.99. The zero-order valence-corrected chi connectivity index (χ0v) is 17.5. The Hall–Kier alpha value is -1.06. The highest BCUT2D eigenvalue weighted by molar-refractivity contribution is 6.21. The fourth-order valence-electron chi connectivity index (χ4n) is 3.51. The maximum atomic E-state index is 10.5. The van der Waals surface area contributed by atoms with Crippen LogP contribution in [0.2, 0.25) is 0 Å². The molecule has 0 heterocycles. The molecule has 154 valence electrons. The van der Waals surface area contributed by atoms with Crippen molar-refractivity contribution < 1.29 is 20.1 Å². The van der Waals surface area contributed by atoms with Crippen molar-refractivity contribution in [2.75, 3.05) is 0 Å². The number of alkyl halides is 1. The molecule has 0 spiro atoms. The lowest BCUT2D eigenvalue weighted by Crippen LogP contribution is -2.28. The van der Waals surface area contributed by atoms with E-state index in [0.717, 1.165) is 19.3 Å². The number of hydrogen-bond donors (Lipinski definition) is 3. The van der Waals surface area contributed by atoms with Crippen molar-refractivity contribution in [1.29, 1.82) is 0 Å². The third-order valence-electron chi connectivity index (χ3n) is 5.49. The summed E-state index contributed by atoms with van der Waals surface area (Å²) in [5.41, 5.74) is 2.81. The molecule has 5 heteroatoms. The summed E-state index contributed by atoms with van der Waals surface area (Å²) in [6, 6.07) is 0. The molecule has 1 saturated carbocycles. The molecule has 0 saturated heterocycles. The number of hydrogen-bond acceptors (Lipinski definition) is 3. The number of halogens is 1. The standard InChI is InChI=1S/C22H35ClO4/c1-4-5-14-22(2,3)20(25)13-12-17-16(18(23)15-19(17)24)10-8-6-7-9-11-21(26)27/h7-8,12-13,16-20,24-25H,4-5,9-11,14-15H2,1-3H3,(H,26,27)/b13-12+/t6?,16-,17-,18-,19-,20-/m1/s1. The molecule has 0 aromatic heterocycles. The molecular weight excluding hydrogens is 364 g/mol. The molecule has 5 atom stereocenters. The zero-order chi connectivity index (χ0) is 20.4. The molecule has 1 aliphatic rings. The fourth-order valence-corrected chi connectivity index (χ4v) is 3.96. The Morgan fingerprint density at radius 1 is 1.37 bits per heavy atom. The lowest BCUT2D eigenvalue weighted by atomic mass is 9.80. The summed E-state index contributed by atoms with van der Waals surface area (Å²) in [5, 5.41) is 29.4. The molecule has 0 aromatic rings. The number of aliphatic carboxylic acids is 1. The minimum Gasteiger partial charge on any atom is -0.481 e. The van der Waals surface area contributed by atoms with Crippen molar-refractivity contribution in [3.63, 3.8) is 0 Å². The first-order chi connectivity index (χ1) is 12.7. The molecule has 0 amide bonds. The van der Waals surface area contributed by atoms with E-state index < -0.39 is 18.2 Å². The number of unbranched alkanes of at least 4 members (excludes halogenated alkanes) is 1. The molecule has 27 heavy (non-hydrogen) atoms. The van der Waals surface area contributed by atoms with E-state index in [1.54, 1.807) is 6.08 Å². The average molecular weight is 399 g/mol. The summed E-state index contributed by atoms with van der Waals surface area (Å²) >= 11 is 6.43. The molecule has 0 radical (unpaired) electrons. The van der Waals surface area contributed by atoms with Gasteiger partial charge < -0.3 is 15.3 Å². The van der Waals surface area contributed by atoms with Gasteiger partial charge in [-0.3, -0.25) is 4.79 Å². The Bertz CT molecular complexity index is 549. The Balaban J connectivity index is 2.70. The van der Waals surface area contributed by atoms with Gasteiger partial charge in [0.25, 0.3) is 0 Å². The third kappa shape index (κ3) is 8.23. The zero-order valence-electron chi connectivity index (χ0n) is 16.8. The van der Waals surface area contributed by atoms with Crippen LogP contribution in [0, 0.1) is 17.3 Å². The van der Waals surface area contributed by atoms with Crippen LogP contribution in [0.1, 0.15) is 65.7 Å². The summed E-state index contributed by atoms with van der Waals surface area (Å²) in [5.74, 6) is -0.844. The summed E-state index contributed by atoms with van der Waals surface area (Å²) in [4.78, 5) is 10.5. The molecule has 4 nitrogen and oxygen atoms in total. The first-order valence-corrected chi connectivity index (χ1v) is 10.4. The average Bonchev–Trinajstić information content (AvgIpc) is 2.86. The molecule has 0 aromatic carbocycles. The smallest absolute Gasteiger partial charge is 0.303 e. The van der Waals surface area contributed by atoms with E-state index in [1.807, 2.05) is 18.2 Å². The van der Waals surface area contributed by atoms with Crippen LogP contribution in [0.3, 0.4) is 0 Å². The van der Waals surface area contributed by atoms with Crippen LogP contribution in [0.5, 0.6) is 0 Å². The fraction of sp³-hybridized carbons (Fsp3) is 0.727. The number of allylic oxidation sites excluding steroid dienone is 1. The van der Waals surface area contributed by atoms with Crippen molar-refractivity contribution in [2.24, 2.45) is 17.3 Å². The highest BCUT2D eigenvalue weighted by atomic mass is 35.5. The highest BCUT2D eigenvalue weighted by Crippen LogP contribution is 2.40. The van der Waals surface area contributed by atoms with Crippen molar-refractivity contribution in [2.45, 2.75) is 83.3 Å². The van der Waals surface area contributed by atoms with Crippen LogP contribution < -0.4 is 0 Å². The quantitative estimate of drug-likeness (QED) is 0.268. The lowest BCUT2D eigenvalue weighted by molar-refractivity contribution is -0.136. The molecule has 1 rings (SSSR count). The molecule has 0 unspecified atom stereocenters. The van der Waals surface area contributed by atoms with Crippen molar-refractivity contribution in [3.8, 4) is 0 Å². The topological polar surface area (TPSA) is 77.8 Å². The number of aliphatic hydroxyl groups is 2. The molecule has 1 aliphatic carbocycles. The first kappa shape index (κ1) is 24.0. The number of carboxylic acids is 1. The second-order valence-electron chi connectivity index (χ2n) is 8.23. The summed E-state index contributed by atoms with van der Waals surface area (Å²) < 4.78 is 0. The van der Waals surface area contributed by atoms with Gasteiger partial charge in [0.15, 0.2) is 0 Å². The van der Waals surface area contributed by atoms with Gasteiger partial charge in [-0.1, -0.05) is 45.8 Å². The minimum absolute atomic E-state index is 0.0734. The van der Waals surface area contributed by atoms with Gasteiger partial charge in [0.05, 0.1) is 12.2 Å². The van der Waals surface area contributed by atoms with Gasteiger partial charge >= 0.3 is 5.97 Å². The lowest BCUT2D eigenvalue weighted by Gasteiger charge is -2.29. The maximum Gasteiger partial charge on any atom is 0.303 e. The molecule has 3 N–H and O–H groups in total. The van der Waals surface area contributed by atoms with Gasteiger partial charge in [0.1, 0.15) is 0 Å². The van der Waals surface area contributed by atoms with Crippen molar-refractivity contribution >= 4 is 17.6 Å². The largest absolute Gasteiger partial charge is 0.481 e. The van der Waals surface area contributed by atoms with Crippen molar-refractivity contribution in [3.05, 3.63) is 30.0 Å². The predicted octanol–water partition coefficient (Wildman–Crippen LogP) is 4.69. The van der Waals surface area contributed by atoms with E-state index in [2.05, 4.69) is 26.5 Å². The van der Waals surface area contributed by atoms with Crippen LogP contribution in [-0.2, 0) is 4.79 Å². The van der Waals surface area contributed by atoms with Crippen LogP contribution >= 0.6 is 11.6 Å². The van der Waals surface area contributed by atoms with E-state index in [4.69, 9.17) is 16.7 Å². The van der Waals surface area contributed by atoms with E-state index >= 15 is 0 Å². The number of carboxylic acid groups (broad SMARTS) is 1. The van der Waals surface area contributed by atoms with E-state index in [1.165, 1.54) is 0 Å². The number of rotatable bonds is 11. The van der Waals surface area contributed by atoms with Crippen LogP contribution in [0.4, 0.5) is 0 Å². The van der Waals surface area contributed by atoms with Gasteiger partial charge in [-0.15, -0.1) is 17.3 Å². The molecule has 1 fully saturated rings. The van der Waals surface area contributed by atoms with E-state index in [-0.39, 0.29) is 29.0 Å². The number of aliphatic hydroxyl groups excluding tert-OH is 2. The molecular formula is C22H35ClO4. The van der Waals surface area contributed by atoms with Crippen LogP contribution in [0.15, 0.2) is 30.0 Å². The second-order valence-corrected chi connectivity index (χ2v) is 8.79. The maximum absolute atomic E-state index is 10.5. The van der Waals surface area contributed by atoms with Crippen molar-refractivity contribution in [1.82, 2.24) is 0 Å². The first-order valence-electron chi connectivity index (χ1n) is 9.98. The van der Waals surface area contributed by atoms with Crippen LogP contribution in [0.25, 0.3) is 0 Å². The predicted molar refractivity (Wildman–Crippen MR) is 110 cm³/mol. The van der Waals surface area contributed by atoms with E-state index in [9.17, 15) is 15.0 Å². The van der Waals surface area contributed by atoms with Gasteiger partial charge in [0.2, 0.25) is 0 Å². The summed E-state index contributed by atoms with van der Waals surface area (Å²) in [7, 11) is 0. The van der Waals surface area contributed by atoms with Gasteiger partial charge in [-0.25, -0.2) is 0 Å². The Kier molecular flexibility index (Phi) is 10.4. The van der Waals surface area contributed by atoms with E-state index in [0.29, 0.717) is 19.3 Å². The Labute approximate surface area is 168 Å². The second kappa shape index (κ2) is 11.7. The summed E-state index contributed by atoms with van der Waals surface area (Å²) in [6.45, 7) is 6.27. The molecule has 0 bridgehead atoms. The summed E-state index contributed by atoms with van der Waals surface area (Å²) in [6.07, 6.45) is 11.1. The highest BCUT2D eigenvalue weighted by Gasteiger charge is 2.39. The van der Waals surface area contributed by atoms with Crippen LogP contribution in [-0.4, -0.2) is 38.9 Å². The Morgan fingerprint density at radius 2 is 2.07 bits per heavy atom. The van der Waals surface area contributed by atoms with Gasteiger partial charge in [-0.05, 0) is 49.2 Å². The monoisotopic (exact) mass is 398 g/mol. The Morgan fingerprint density at radius 3 is 2.70 bits per heavy atom. The molecule has 0 aliphatic heterocycles. The van der Waals surface area contributed by atoms with Gasteiger partial charge in [0, 0.05) is 17.7 Å². The minimum atomic E-state index is -0.821.